The van der Waals surface area contributed by atoms with Crippen molar-refractivity contribution in [3.63, 3.8) is 0 Å². The normalized spacial score (nSPS) is 17.0. The maximum absolute atomic E-state index is 14.8. The Balaban J connectivity index is 1.56. The molecular formula is C39H50FN3O6. The summed E-state index contributed by atoms with van der Waals surface area (Å²) in [5, 5.41) is 14.6. The quantitative estimate of drug-likeness (QED) is 0.265. The van der Waals surface area contributed by atoms with Crippen molar-refractivity contribution in [1.29, 1.82) is 0 Å². The lowest BCUT2D eigenvalue weighted by Crippen LogP contribution is -2.50. The maximum Gasteiger partial charge on any atom is 0.410 e. The van der Waals surface area contributed by atoms with Crippen LogP contribution in [0.15, 0.2) is 72.8 Å². The van der Waals surface area contributed by atoms with Gasteiger partial charge in [-0.05, 0) is 72.9 Å². The number of nitrogens with zero attached hydrogens (tertiary/aromatic N) is 2. The summed E-state index contributed by atoms with van der Waals surface area (Å²) in [6, 6.07) is 20.7. The Kier molecular flexibility index (Phi) is 14.9. The van der Waals surface area contributed by atoms with Crippen LogP contribution in [0.2, 0.25) is 0 Å². The van der Waals surface area contributed by atoms with Gasteiger partial charge in [0.15, 0.2) is 0 Å². The number of fused-ring (bicyclic) bond motifs is 2. The molecule has 1 heterocycles. The van der Waals surface area contributed by atoms with Gasteiger partial charge in [0.1, 0.15) is 18.2 Å². The molecule has 264 valence electrons. The van der Waals surface area contributed by atoms with Crippen LogP contribution in [0.5, 0.6) is 5.75 Å². The number of nitrogens with one attached hydrogen (secondary N) is 1. The van der Waals surface area contributed by atoms with E-state index in [-0.39, 0.29) is 50.8 Å². The van der Waals surface area contributed by atoms with Crippen LogP contribution in [0.4, 0.5) is 9.18 Å². The molecule has 0 aromatic heterocycles. The molecule has 3 aromatic rings. The second-order valence-electron chi connectivity index (χ2n) is 12.6. The first kappa shape index (κ1) is 37.4. The standard InChI is InChI=1S/C39H50FN3O6/c1-3-18-42-19-8-9-20-48-34-23-32(22-33(40)25-34)24-35(41-37(45)16-11-17-38(42)46)36(44)27-43(26-31-15-10-14-29(4-2)21-31)39(47)49-28-30-12-6-5-7-13-30/h5-7,10,12-15,21-23,25,35-36,44H,3-4,8-9,11,16-20,24,26-28H2,1-2H3,(H,41,45)/t35-,36+/m0/s1. The molecule has 0 aliphatic carbocycles. The number of carbonyl (C=O) groups is 3. The van der Waals surface area contributed by atoms with Crippen LogP contribution in [0.1, 0.15) is 74.6 Å². The highest BCUT2D eigenvalue weighted by Crippen LogP contribution is 2.21. The second-order valence-corrected chi connectivity index (χ2v) is 12.6. The first-order valence-corrected chi connectivity index (χ1v) is 17.4. The molecule has 2 atom stereocenters. The summed E-state index contributed by atoms with van der Waals surface area (Å²) in [7, 11) is 0. The Morgan fingerprint density at radius 1 is 1.00 bits per heavy atom. The molecule has 3 aromatic carbocycles. The van der Waals surface area contributed by atoms with Gasteiger partial charge in [-0.15, -0.1) is 0 Å². The molecule has 0 unspecified atom stereocenters. The summed E-state index contributed by atoms with van der Waals surface area (Å²) in [6.45, 7) is 5.74. The number of aliphatic hydroxyl groups excluding tert-OH is 1. The van der Waals surface area contributed by atoms with E-state index >= 15 is 0 Å². The van der Waals surface area contributed by atoms with E-state index in [2.05, 4.69) is 12.2 Å². The molecule has 1 aliphatic heterocycles. The summed E-state index contributed by atoms with van der Waals surface area (Å²) in [6.07, 6.45) is 2.00. The summed E-state index contributed by atoms with van der Waals surface area (Å²) in [4.78, 5) is 43.0. The molecule has 0 radical (unpaired) electrons. The minimum Gasteiger partial charge on any atom is -0.493 e. The maximum atomic E-state index is 14.8. The highest BCUT2D eigenvalue weighted by Gasteiger charge is 2.28. The highest BCUT2D eigenvalue weighted by molar-refractivity contribution is 5.79. The van der Waals surface area contributed by atoms with Gasteiger partial charge in [-0.2, -0.15) is 0 Å². The SMILES string of the molecule is CCCN1CCCCOc2cc(F)cc(c2)C[C@@H]([C@H](O)CN(Cc2cccc(CC)c2)C(=O)OCc2ccccc2)NC(=O)CCCC1=O. The number of benzene rings is 3. The van der Waals surface area contributed by atoms with Crippen molar-refractivity contribution in [2.45, 2.75) is 90.5 Å². The second kappa shape index (κ2) is 19.5. The molecular weight excluding hydrogens is 625 g/mol. The minimum atomic E-state index is -1.24. The molecule has 1 aliphatic rings. The topological polar surface area (TPSA) is 108 Å². The van der Waals surface area contributed by atoms with Gasteiger partial charge in [-0.25, -0.2) is 9.18 Å². The number of amides is 3. The van der Waals surface area contributed by atoms with E-state index < -0.39 is 24.1 Å². The summed E-state index contributed by atoms with van der Waals surface area (Å²) < 4.78 is 26.3. The number of halogens is 1. The van der Waals surface area contributed by atoms with Crippen LogP contribution in [0.25, 0.3) is 0 Å². The van der Waals surface area contributed by atoms with Crippen molar-refractivity contribution < 1.29 is 33.4 Å². The summed E-state index contributed by atoms with van der Waals surface area (Å²) in [5.74, 6) is -0.485. The van der Waals surface area contributed by atoms with Crippen LogP contribution in [-0.2, 0) is 40.3 Å². The molecule has 0 fully saturated rings. The minimum absolute atomic E-state index is 0.00185. The average molecular weight is 676 g/mol. The van der Waals surface area contributed by atoms with Crippen molar-refractivity contribution in [3.05, 3.63) is 101 Å². The molecule has 9 nitrogen and oxygen atoms in total. The first-order chi connectivity index (χ1) is 23.7. The van der Waals surface area contributed by atoms with E-state index in [4.69, 9.17) is 9.47 Å². The van der Waals surface area contributed by atoms with Crippen molar-refractivity contribution >= 4 is 17.9 Å². The third-order valence-corrected chi connectivity index (χ3v) is 8.57. The highest BCUT2D eigenvalue weighted by atomic mass is 19.1. The van der Waals surface area contributed by atoms with Crippen LogP contribution in [-0.4, -0.2) is 71.2 Å². The number of carbonyl (C=O) groups excluding carboxylic acids is 3. The van der Waals surface area contributed by atoms with Crippen LogP contribution >= 0.6 is 0 Å². The molecule has 49 heavy (non-hydrogen) atoms. The zero-order chi connectivity index (χ0) is 35.0. The molecule has 2 bridgehead atoms. The number of rotatable bonds is 10. The Hall–Kier alpha value is -4.44. The van der Waals surface area contributed by atoms with Crippen LogP contribution in [0, 0.1) is 5.82 Å². The van der Waals surface area contributed by atoms with E-state index in [0.717, 1.165) is 36.0 Å². The molecule has 2 N–H and O–H groups in total. The number of aryl methyl sites for hydroxylation is 1. The van der Waals surface area contributed by atoms with Gasteiger partial charge in [0.2, 0.25) is 11.8 Å². The molecule has 10 heteroatoms. The van der Waals surface area contributed by atoms with E-state index in [1.165, 1.54) is 17.0 Å². The summed E-state index contributed by atoms with van der Waals surface area (Å²) >= 11 is 0. The zero-order valence-electron chi connectivity index (χ0n) is 28.7. The molecule has 0 spiro atoms. The monoisotopic (exact) mass is 675 g/mol. The Morgan fingerprint density at radius 3 is 2.55 bits per heavy atom. The van der Waals surface area contributed by atoms with Gasteiger partial charge in [0.05, 0.1) is 25.3 Å². The van der Waals surface area contributed by atoms with Gasteiger partial charge in [-0.1, -0.05) is 68.4 Å². The van der Waals surface area contributed by atoms with Gasteiger partial charge in [0.25, 0.3) is 0 Å². The van der Waals surface area contributed by atoms with Crippen molar-refractivity contribution in [2.24, 2.45) is 0 Å². The number of aliphatic hydroxyl groups is 1. The molecule has 3 amide bonds. The van der Waals surface area contributed by atoms with Gasteiger partial charge < -0.3 is 29.7 Å². The molecule has 4 rings (SSSR count). The van der Waals surface area contributed by atoms with Gasteiger partial charge in [-0.3, -0.25) is 9.59 Å². The van der Waals surface area contributed by atoms with E-state index in [0.29, 0.717) is 43.9 Å². The number of ether oxygens (including phenoxy) is 2. The largest absolute Gasteiger partial charge is 0.493 e. The smallest absolute Gasteiger partial charge is 0.410 e. The Labute approximate surface area is 289 Å². The first-order valence-electron chi connectivity index (χ1n) is 17.4. The Bertz CT molecular complexity index is 1500. The zero-order valence-corrected chi connectivity index (χ0v) is 28.7. The average Bonchev–Trinajstić information content (AvgIpc) is 3.09. The van der Waals surface area contributed by atoms with Gasteiger partial charge >= 0.3 is 6.09 Å². The van der Waals surface area contributed by atoms with Gasteiger partial charge in [0, 0.05) is 38.5 Å². The summed E-state index contributed by atoms with van der Waals surface area (Å²) in [5.41, 5.74) is 3.33. The van der Waals surface area contributed by atoms with Crippen molar-refractivity contribution in [1.82, 2.24) is 15.1 Å². The lowest BCUT2D eigenvalue weighted by Gasteiger charge is -2.30. The van der Waals surface area contributed by atoms with Crippen molar-refractivity contribution in [3.8, 4) is 5.75 Å². The lowest BCUT2D eigenvalue weighted by atomic mass is 9.99. The third kappa shape index (κ3) is 12.5. The number of hydrogen-bond donors (Lipinski definition) is 2. The fourth-order valence-electron chi connectivity index (χ4n) is 5.96. The lowest BCUT2D eigenvalue weighted by molar-refractivity contribution is -0.131. The fraction of sp³-hybridized carbons (Fsp3) is 0.462. The van der Waals surface area contributed by atoms with E-state index in [1.807, 2.05) is 66.4 Å². The van der Waals surface area contributed by atoms with Crippen LogP contribution in [0.3, 0.4) is 0 Å². The Morgan fingerprint density at radius 2 is 1.78 bits per heavy atom. The van der Waals surface area contributed by atoms with E-state index in [9.17, 15) is 23.9 Å². The third-order valence-electron chi connectivity index (χ3n) is 8.57. The van der Waals surface area contributed by atoms with Crippen molar-refractivity contribution in [2.75, 3.05) is 26.2 Å². The predicted molar refractivity (Wildman–Crippen MR) is 186 cm³/mol. The number of hydrogen-bond acceptors (Lipinski definition) is 6. The van der Waals surface area contributed by atoms with Crippen LogP contribution < -0.4 is 10.1 Å². The molecule has 0 saturated carbocycles. The van der Waals surface area contributed by atoms with E-state index in [1.54, 1.807) is 6.07 Å². The fourth-order valence-corrected chi connectivity index (χ4v) is 5.96. The predicted octanol–water partition coefficient (Wildman–Crippen LogP) is 6.20. The molecule has 0 saturated heterocycles.